The number of amides is 1. The maximum Gasteiger partial charge on any atom is 0.308 e. The van der Waals surface area contributed by atoms with E-state index in [0.717, 1.165) is 0 Å². The second-order valence-electron chi connectivity index (χ2n) is 4.61. The van der Waals surface area contributed by atoms with E-state index in [1.54, 1.807) is 36.4 Å². The highest BCUT2D eigenvalue weighted by molar-refractivity contribution is 9.11. The molecule has 124 valence electrons. The molecular weight excluding hydrogens is 463 g/mol. The fourth-order valence-electron chi connectivity index (χ4n) is 1.73. The van der Waals surface area contributed by atoms with Crippen molar-refractivity contribution in [3.63, 3.8) is 0 Å². The van der Waals surface area contributed by atoms with Crippen LogP contribution in [0.25, 0.3) is 0 Å². The van der Waals surface area contributed by atoms with E-state index in [2.05, 4.69) is 42.4 Å². The lowest BCUT2D eigenvalue weighted by Crippen LogP contribution is -2.17. The zero-order valence-corrected chi connectivity index (χ0v) is 16.3. The number of hydrogen-bond acceptors (Lipinski definition) is 4. The van der Waals surface area contributed by atoms with Gasteiger partial charge in [-0.05, 0) is 73.8 Å². The van der Waals surface area contributed by atoms with Crippen LogP contribution in [0.1, 0.15) is 22.8 Å². The Morgan fingerprint density at radius 2 is 1.75 bits per heavy atom. The summed E-state index contributed by atoms with van der Waals surface area (Å²) in [6, 6.07) is 9.88. The normalized spacial score (nSPS) is 10.7. The lowest BCUT2D eigenvalue weighted by Gasteiger charge is -2.07. The molecule has 0 saturated carbocycles. The Bertz CT molecular complexity index is 784. The monoisotopic (exact) mass is 472 g/mol. The smallest absolute Gasteiger partial charge is 0.308 e. The molecule has 0 radical (unpaired) electrons. The molecule has 0 fully saturated rings. The number of carbonyl (C=O) groups is 2. The topological polar surface area (TPSA) is 67.8 Å². The molecule has 2 aromatic rings. The maximum atomic E-state index is 11.9. The van der Waals surface area contributed by atoms with E-state index in [4.69, 9.17) is 16.3 Å². The molecular formula is C16H11Br2ClN2O3. The fraction of sp³-hybridized carbons (Fsp3) is 0.0625. The van der Waals surface area contributed by atoms with Crippen molar-refractivity contribution in [2.24, 2.45) is 5.10 Å². The van der Waals surface area contributed by atoms with Gasteiger partial charge in [-0.15, -0.1) is 0 Å². The maximum absolute atomic E-state index is 11.9. The molecule has 0 heterocycles. The van der Waals surface area contributed by atoms with Crippen LogP contribution in [0.5, 0.6) is 5.75 Å². The van der Waals surface area contributed by atoms with Crippen molar-refractivity contribution in [2.75, 3.05) is 0 Å². The first-order valence-corrected chi connectivity index (χ1v) is 8.59. The fourth-order valence-corrected chi connectivity index (χ4v) is 3.24. The molecule has 0 spiro atoms. The number of halogens is 3. The van der Waals surface area contributed by atoms with Gasteiger partial charge in [0, 0.05) is 17.5 Å². The van der Waals surface area contributed by atoms with Gasteiger partial charge in [0.2, 0.25) is 0 Å². The second-order valence-corrected chi connectivity index (χ2v) is 6.76. The van der Waals surface area contributed by atoms with Gasteiger partial charge in [0.15, 0.2) is 5.75 Å². The number of rotatable bonds is 4. The van der Waals surface area contributed by atoms with Crippen LogP contribution >= 0.6 is 43.5 Å². The third kappa shape index (κ3) is 5.15. The first kappa shape index (κ1) is 18.6. The summed E-state index contributed by atoms with van der Waals surface area (Å²) in [6.45, 7) is 1.32. The van der Waals surface area contributed by atoms with E-state index >= 15 is 0 Å². The summed E-state index contributed by atoms with van der Waals surface area (Å²) in [4.78, 5) is 23.0. The van der Waals surface area contributed by atoms with Crippen LogP contribution in [0.4, 0.5) is 0 Å². The molecule has 5 nitrogen and oxygen atoms in total. The molecule has 1 amide bonds. The lowest BCUT2D eigenvalue weighted by atomic mass is 10.2. The molecule has 8 heteroatoms. The number of ether oxygens (including phenoxy) is 1. The summed E-state index contributed by atoms with van der Waals surface area (Å²) in [5.74, 6) is -0.393. The summed E-state index contributed by atoms with van der Waals surface area (Å²) < 4.78 is 6.25. The number of nitrogens with zero attached hydrogens (tertiary/aromatic N) is 1. The number of esters is 1. The zero-order valence-electron chi connectivity index (χ0n) is 12.3. The number of benzene rings is 2. The van der Waals surface area contributed by atoms with Crippen LogP contribution in [0.15, 0.2) is 50.4 Å². The molecule has 0 aromatic heterocycles. The highest BCUT2D eigenvalue weighted by Gasteiger charge is 2.10. The number of nitrogens with one attached hydrogen (secondary N) is 1. The Morgan fingerprint density at radius 3 is 2.29 bits per heavy atom. The van der Waals surface area contributed by atoms with Gasteiger partial charge in [-0.2, -0.15) is 5.10 Å². The van der Waals surface area contributed by atoms with Crippen molar-refractivity contribution in [1.29, 1.82) is 0 Å². The van der Waals surface area contributed by atoms with Gasteiger partial charge < -0.3 is 4.74 Å². The minimum absolute atomic E-state index is 0.349. The van der Waals surface area contributed by atoms with Crippen molar-refractivity contribution in [3.8, 4) is 5.75 Å². The Labute approximate surface area is 160 Å². The molecule has 1 N–H and O–H groups in total. The summed E-state index contributed by atoms with van der Waals surface area (Å²) in [7, 11) is 0. The van der Waals surface area contributed by atoms with Crippen LogP contribution in [0.3, 0.4) is 0 Å². The highest BCUT2D eigenvalue weighted by Crippen LogP contribution is 2.34. The van der Waals surface area contributed by atoms with E-state index in [1.165, 1.54) is 13.1 Å². The number of carbonyl (C=O) groups excluding carboxylic acids is 2. The molecule has 2 aromatic carbocycles. The zero-order chi connectivity index (χ0) is 17.7. The third-order valence-electron chi connectivity index (χ3n) is 2.75. The Kier molecular flexibility index (Phi) is 6.53. The van der Waals surface area contributed by atoms with Gasteiger partial charge in [0.05, 0.1) is 15.2 Å². The van der Waals surface area contributed by atoms with Crippen molar-refractivity contribution in [1.82, 2.24) is 5.43 Å². The van der Waals surface area contributed by atoms with Gasteiger partial charge in [-0.1, -0.05) is 11.6 Å². The molecule has 0 saturated heterocycles. The summed E-state index contributed by atoms with van der Waals surface area (Å²) >= 11 is 12.4. The first-order valence-electron chi connectivity index (χ1n) is 6.63. The molecule has 0 unspecified atom stereocenters. The number of hydrogen-bond donors (Lipinski definition) is 1. The van der Waals surface area contributed by atoms with Crippen LogP contribution in [-0.2, 0) is 4.79 Å². The van der Waals surface area contributed by atoms with E-state index in [9.17, 15) is 9.59 Å². The average molecular weight is 475 g/mol. The van der Waals surface area contributed by atoms with Gasteiger partial charge in [-0.25, -0.2) is 5.43 Å². The van der Waals surface area contributed by atoms with Crippen molar-refractivity contribution in [3.05, 3.63) is 61.5 Å². The van der Waals surface area contributed by atoms with Gasteiger partial charge in [0.1, 0.15) is 0 Å². The van der Waals surface area contributed by atoms with Gasteiger partial charge in [0.25, 0.3) is 5.91 Å². The second kappa shape index (κ2) is 8.41. The SMILES string of the molecule is CC(=O)Oc1c(Br)cc(/C=N\NC(=O)c2ccc(Cl)cc2)cc1Br. The predicted octanol–water partition coefficient (Wildman–Crippen LogP) is 4.55. The Balaban J connectivity index is 2.08. The lowest BCUT2D eigenvalue weighted by molar-refractivity contribution is -0.131. The van der Waals surface area contributed by atoms with Crippen molar-refractivity contribution < 1.29 is 14.3 Å². The summed E-state index contributed by atoms with van der Waals surface area (Å²) in [5, 5.41) is 4.46. The number of hydrazone groups is 1. The molecule has 24 heavy (non-hydrogen) atoms. The minimum atomic E-state index is -0.423. The van der Waals surface area contributed by atoms with E-state index in [0.29, 0.717) is 30.8 Å². The van der Waals surface area contributed by atoms with E-state index in [1.807, 2.05) is 0 Å². The van der Waals surface area contributed by atoms with Crippen LogP contribution in [0.2, 0.25) is 5.02 Å². The van der Waals surface area contributed by atoms with Gasteiger partial charge in [-0.3, -0.25) is 9.59 Å². The standard InChI is InChI=1S/C16H11Br2ClN2O3/c1-9(22)24-15-13(17)6-10(7-14(15)18)8-20-21-16(23)11-2-4-12(19)5-3-11/h2-8H,1H3,(H,21,23)/b20-8-. The Morgan fingerprint density at radius 1 is 1.17 bits per heavy atom. The quantitative estimate of drug-likeness (QED) is 0.306. The molecule has 0 aliphatic heterocycles. The Hall–Kier alpha value is -1.70. The predicted molar refractivity (Wildman–Crippen MR) is 99.7 cm³/mol. The molecule has 0 atom stereocenters. The van der Waals surface area contributed by atoms with Crippen molar-refractivity contribution >= 4 is 61.6 Å². The first-order chi connectivity index (χ1) is 11.4. The van der Waals surface area contributed by atoms with Crippen LogP contribution in [0, 0.1) is 0 Å². The van der Waals surface area contributed by atoms with Crippen molar-refractivity contribution in [2.45, 2.75) is 6.92 Å². The minimum Gasteiger partial charge on any atom is -0.424 e. The molecule has 2 rings (SSSR count). The molecule has 0 bridgehead atoms. The largest absolute Gasteiger partial charge is 0.424 e. The third-order valence-corrected chi connectivity index (χ3v) is 4.18. The highest BCUT2D eigenvalue weighted by atomic mass is 79.9. The van der Waals surface area contributed by atoms with E-state index in [-0.39, 0.29) is 5.91 Å². The van der Waals surface area contributed by atoms with Crippen LogP contribution in [-0.4, -0.2) is 18.1 Å². The molecule has 0 aliphatic carbocycles. The summed E-state index contributed by atoms with van der Waals surface area (Å²) in [6.07, 6.45) is 1.47. The van der Waals surface area contributed by atoms with Crippen LogP contribution < -0.4 is 10.2 Å². The average Bonchev–Trinajstić information content (AvgIpc) is 2.51. The van der Waals surface area contributed by atoms with E-state index < -0.39 is 5.97 Å². The van der Waals surface area contributed by atoms with Gasteiger partial charge >= 0.3 is 5.97 Å². The summed E-state index contributed by atoms with van der Waals surface area (Å²) in [5.41, 5.74) is 3.57. The molecule has 0 aliphatic rings.